The molecule has 0 aliphatic rings. The Hall–Kier alpha value is -0.470. The van der Waals surface area contributed by atoms with Gasteiger partial charge >= 0.3 is 0 Å². The average molecular weight is 223 g/mol. The molecule has 0 saturated heterocycles. The molecule has 0 aromatic heterocycles. The molecule has 0 aliphatic heterocycles. The van der Waals surface area contributed by atoms with E-state index >= 15 is 0 Å². The summed E-state index contributed by atoms with van der Waals surface area (Å²) in [7, 11) is 2.02. The van der Waals surface area contributed by atoms with Crippen molar-refractivity contribution in [1.29, 1.82) is 0 Å². The van der Waals surface area contributed by atoms with Gasteiger partial charge in [-0.05, 0) is 51.6 Å². The van der Waals surface area contributed by atoms with E-state index in [-0.39, 0.29) is 0 Å². The van der Waals surface area contributed by atoms with Gasteiger partial charge in [0.1, 0.15) is 0 Å². The topological polar surface area (TPSA) is 12.0 Å². The summed E-state index contributed by atoms with van der Waals surface area (Å²) in [5, 5.41) is 3.26. The first-order valence-electron chi connectivity index (χ1n) is 5.51. The maximum atomic E-state index is 3.26. The molecule has 1 aromatic carbocycles. The predicted molar refractivity (Wildman–Crippen MR) is 69.8 cm³/mol. The fraction of sp³-hybridized carbons (Fsp3) is 0.538. The lowest BCUT2D eigenvalue weighted by Gasteiger charge is -2.10. The Morgan fingerprint density at radius 1 is 1.33 bits per heavy atom. The first kappa shape index (κ1) is 12.6. The Balaban J connectivity index is 2.46. The Kier molecular flexibility index (Phi) is 5.20. The van der Waals surface area contributed by atoms with Crippen molar-refractivity contribution in [3.05, 3.63) is 29.3 Å². The van der Waals surface area contributed by atoms with Gasteiger partial charge in [-0.3, -0.25) is 0 Å². The van der Waals surface area contributed by atoms with Crippen LogP contribution in [-0.2, 0) is 0 Å². The highest BCUT2D eigenvalue weighted by Gasteiger charge is 2.02. The molecule has 0 amide bonds. The first-order valence-corrected chi connectivity index (χ1v) is 6.49. The van der Waals surface area contributed by atoms with Crippen LogP contribution in [0.15, 0.2) is 23.1 Å². The quantitative estimate of drug-likeness (QED) is 0.768. The summed E-state index contributed by atoms with van der Waals surface area (Å²) in [5.74, 6) is 1.19. The summed E-state index contributed by atoms with van der Waals surface area (Å²) < 4.78 is 0. The van der Waals surface area contributed by atoms with Gasteiger partial charge in [-0.2, -0.15) is 0 Å². The summed E-state index contributed by atoms with van der Waals surface area (Å²) in [4.78, 5) is 1.43. The van der Waals surface area contributed by atoms with Gasteiger partial charge in [0.2, 0.25) is 0 Å². The molecule has 1 nitrogen and oxygen atoms in total. The maximum Gasteiger partial charge on any atom is 0.0104 e. The third-order valence-corrected chi connectivity index (χ3v) is 3.84. The van der Waals surface area contributed by atoms with Crippen LogP contribution in [0.4, 0.5) is 0 Å². The molecule has 0 bridgehead atoms. The summed E-state index contributed by atoms with van der Waals surface area (Å²) in [6.07, 6.45) is 1.22. The van der Waals surface area contributed by atoms with E-state index in [1.807, 2.05) is 18.8 Å². The molecule has 2 heteroatoms. The van der Waals surface area contributed by atoms with Crippen LogP contribution >= 0.6 is 11.8 Å². The Bertz CT molecular complexity index is 309. The second-order valence-electron chi connectivity index (χ2n) is 4.10. The van der Waals surface area contributed by atoms with Gasteiger partial charge < -0.3 is 5.32 Å². The molecule has 0 radical (unpaired) electrons. The van der Waals surface area contributed by atoms with E-state index in [2.05, 4.69) is 44.3 Å². The molecule has 0 fully saturated rings. The van der Waals surface area contributed by atoms with E-state index in [0.717, 1.165) is 0 Å². The summed E-state index contributed by atoms with van der Waals surface area (Å²) in [6, 6.07) is 7.28. The zero-order chi connectivity index (χ0) is 11.3. The van der Waals surface area contributed by atoms with E-state index in [0.29, 0.717) is 6.04 Å². The molecule has 1 N–H and O–H groups in total. The van der Waals surface area contributed by atoms with Gasteiger partial charge in [0, 0.05) is 10.9 Å². The normalized spacial score (nSPS) is 12.8. The van der Waals surface area contributed by atoms with Crippen LogP contribution < -0.4 is 5.32 Å². The van der Waals surface area contributed by atoms with Crippen LogP contribution in [0.1, 0.15) is 24.5 Å². The Morgan fingerprint density at radius 3 is 2.73 bits per heavy atom. The molecule has 1 rings (SSSR count). The van der Waals surface area contributed by atoms with Crippen LogP contribution in [0.5, 0.6) is 0 Å². The van der Waals surface area contributed by atoms with Crippen molar-refractivity contribution in [2.75, 3.05) is 12.8 Å². The molecule has 0 aliphatic carbocycles. The first-order chi connectivity index (χ1) is 7.13. The van der Waals surface area contributed by atoms with E-state index in [9.17, 15) is 0 Å². The van der Waals surface area contributed by atoms with Gasteiger partial charge in [0.05, 0.1) is 0 Å². The molecule has 0 heterocycles. The zero-order valence-electron chi connectivity index (χ0n) is 10.1. The molecular formula is C13H21NS. The molecule has 1 unspecified atom stereocenters. The van der Waals surface area contributed by atoms with Crippen molar-refractivity contribution < 1.29 is 0 Å². The number of hydrogen-bond acceptors (Lipinski definition) is 2. The summed E-state index contributed by atoms with van der Waals surface area (Å²) in [5.41, 5.74) is 2.74. The largest absolute Gasteiger partial charge is 0.317 e. The van der Waals surface area contributed by atoms with Crippen LogP contribution in [0.25, 0.3) is 0 Å². The number of thioether (sulfide) groups is 1. The van der Waals surface area contributed by atoms with Crippen LogP contribution in [-0.4, -0.2) is 18.8 Å². The smallest absolute Gasteiger partial charge is 0.0104 e. The van der Waals surface area contributed by atoms with E-state index in [1.165, 1.54) is 28.2 Å². The molecule has 0 spiro atoms. The fourth-order valence-electron chi connectivity index (χ4n) is 1.35. The zero-order valence-corrected chi connectivity index (χ0v) is 10.9. The lowest BCUT2D eigenvalue weighted by Crippen LogP contribution is -2.21. The fourth-order valence-corrected chi connectivity index (χ4v) is 2.61. The van der Waals surface area contributed by atoms with Gasteiger partial charge in [0.25, 0.3) is 0 Å². The van der Waals surface area contributed by atoms with Crippen molar-refractivity contribution in [3.63, 3.8) is 0 Å². The molecular weight excluding hydrogens is 202 g/mol. The van der Waals surface area contributed by atoms with Gasteiger partial charge in [-0.25, -0.2) is 0 Å². The van der Waals surface area contributed by atoms with Crippen molar-refractivity contribution in [1.82, 2.24) is 5.32 Å². The third kappa shape index (κ3) is 4.27. The van der Waals surface area contributed by atoms with E-state index < -0.39 is 0 Å². The number of aryl methyl sites for hydroxylation is 2. The van der Waals surface area contributed by atoms with E-state index in [1.54, 1.807) is 0 Å². The Labute approximate surface area is 97.7 Å². The van der Waals surface area contributed by atoms with Crippen LogP contribution in [0, 0.1) is 13.8 Å². The van der Waals surface area contributed by atoms with Gasteiger partial charge in [0.15, 0.2) is 0 Å². The van der Waals surface area contributed by atoms with Crippen molar-refractivity contribution in [3.8, 4) is 0 Å². The van der Waals surface area contributed by atoms with E-state index in [4.69, 9.17) is 0 Å². The summed E-state index contributed by atoms with van der Waals surface area (Å²) in [6.45, 7) is 6.56. The average Bonchev–Trinajstić information content (AvgIpc) is 2.23. The number of rotatable bonds is 5. The van der Waals surface area contributed by atoms with Crippen molar-refractivity contribution in [2.24, 2.45) is 0 Å². The number of hydrogen-bond donors (Lipinski definition) is 1. The SMILES string of the molecule is CNC(C)CCSc1cc(C)ccc1C. The lowest BCUT2D eigenvalue weighted by molar-refractivity contribution is 0.598. The molecule has 15 heavy (non-hydrogen) atoms. The summed E-state index contributed by atoms with van der Waals surface area (Å²) >= 11 is 1.96. The highest BCUT2D eigenvalue weighted by atomic mass is 32.2. The standard InChI is InChI=1S/C13H21NS/c1-10-5-6-11(2)13(9-10)15-8-7-12(3)14-4/h5-6,9,12,14H,7-8H2,1-4H3. The number of nitrogens with one attached hydrogen (secondary N) is 1. The minimum Gasteiger partial charge on any atom is -0.317 e. The second kappa shape index (κ2) is 6.19. The molecule has 0 saturated carbocycles. The predicted octanol–water partition coefficient (Wildman–Crippen LogP) is 3.39. The highest BCUT2D eigenvalue weighted by molar-refractivity contribution is 7.99. The monoisotopic (exact) mass is 223 g/mol. The van der Waals surface area contributed by atoms with Crippen molar-refractivity contribution in [2.45, 2.75) is 38.1 Å². The van der Waals surface area contributed by atoms with Crippen LogP contribution in [0.2, 0.25) is 0 Å². The minimum absolute atomic E-state index is 0.614. The molecule has 1 aromatic rings. The minimum atomic E-state index is 0.614. The highest BCUT2D eigenvalue weighted by Crippen LogP contribution is 2.24. The number of benzene rings is 1. The van der Waals surface area contributed by atoms with Gasteiger partial charge in [-0.1, -0.05) is 17.7 Å². The van der Waals surface area contributed by atoms with Gasteiger partial charge in [-0.15, -0.1) is 11.8 Å². The third-order valence-electron chi connectivity index (χ3n) is 2.64. The van der Waals surface area contributed by atoms with Crippen LogP contribution in [0.3, 0.4) is 0 Å². The Morgan fingerprint density at radius 2 is 2.07 bits per heavy atom. The van der Waals surface area contributed by atoms with Crippen molar-refractivity contribution >= 4 is 11.8 Å². The lowest BCUT2D eigenvalue weighted by atomic mass is 10.2. The second-order valence-corrected chi connectivity index (χ2v) is 5.23. The maximum absolute atomic E-state index is 3.26. The molecule has 1 atom stereocenters. The molecule has 84 valence electrons.